The summed E-state index contributed by atoms with van der Waals surface area (Å²) < 4.78 is 38.5. The van der Waals surface area contributed by atoms with Crippen LogP contribution in [0.1, 0.15) is 11.1 Å². The molecule has 0 heterocycles. The molecule has 0 aliphatic carbocycles. The normalized spacial score (nSPS) is 12.6. The van der Waals surface area contributed by atoms with Crippen molar-refractivity contribution in [2.45, 2.75) is 24.2 Å². The molecular weight excluding hydrogens is 450 g/mol. The molecule has 0 fully saturated rings. The highest BCUT2D eigenvalue weighted by Gasteiger charge is 2.27. The van der Waals surface area contributed by atoms with Crippen LogP contribution in [0.15, 0.2) is 83.8 Å². The molecule has 1 atom stereocenters. The molecule has 3 rings (SSSR count). The first-order valence-electron chi connectivity index (χ1n) is 10.1. The van der Waals surface area contributed by atoms with Crippen LogP contribution in [0.2, 0.25) is 5.02 Å². The van der Waals surface area contributed by atoms with Crippen molar-refractivity contribution in [3.63, 3.8) is 0 Å². The summed E-state index contributed by atoms with van der Waals surface area (Å²) in [6.45, 7) is 0.306. The minimum Gasteiger partial charge on any atom is -0.497 e. The van der Waals surface area contributed by atoms with E-state index in [4.69, 9.17) is 21.1 Å². The number of hydrogen-bond acceptors (Lipinski definition) is 5. The van der Waals surface area contributed by atoms with Crippen LogP contribution in [0.5, 0.6) is 5.75 Å². The van der Waals surface area contributed by atoms with Crippen LogP contribution in [0, 0.1) is 0 Å². The Labute approximate surface area is 194 Å². The predicted octanol–water partition coefficient (Wildman–Crippen LogP) is 4.12. The molecule has 1 unspecified atom stereocenters. The van der Waals surface area contributed by atoms with Gasteiger partial charge in [-0.25, -0.2) is 8.42 Å². The molecule has 3 aromatic rings. The van der Waals surface area contributed by atoms with Gasteiger partial charge in [0.2, 0.25) is 10.0 Å². The SMILES string of the molecule is COc1ccc(COCC(O)CN(Cc2ccccc2)S(=O)(=O)c2ccc(Cl)cc2)cc1. The molecule has 0 spiro atoms. The number of rotatable bonds is 11. The zero-order chi connectivity index (χ0) is 23.0. The molecule has 0 aromatic heterocycles. The number of nitrogens with zero attached hydrogens (tertiary/aromatic N) is 1. The standard InChI is InChI=1S/C24H26ClNO5S/c1-30-23-11-7-20(8-12-23)17-31-18-22(27)16-26(15-19-5-3-2-4-6-19)32(28,29)24-13-9-21(25)10-14-24/h2-14,22,27H,15-18H2,1H3. The van der Waals surface area contributed by atoms with Crippen LogP contribution >= 0.6 is 11.6 Å². The summed E-state index contributed by atoms with van der Waals surface area (Å²) in [5, 5.41) is 11.0. The lowest BCUT2D eigenvalue weighted by molar-refractivity contribution is 0.0196. The number of aliphatic hydroxyl groups is 1. The van der Waals surface area contributed by atoms with E-state index >= 15 is 0 Å². The highest BCUT2D eigenvalue weighted by atomic mass is 35.5. The van der Waals surface area contributed by atoms with Crippen molar-refractivity contribution in [1.29, 1.82) is 0 Å². The molecule has 0 amide bonds. The molecule has 3 aromatic carbocycles. The first-order valence-corrected chi connectivity index (χ1v) is 11.9. The molecule has 0 saturated heterocycles. The quantitative estimate of drug-likeness (QED) is 0.451. The van der Waals surface area contributed by atoms with Gasteiger partial charge in [-0.1, -0.05) is 54.1 Å². The van der Waals surface area contributed by atoms with E-state index in [2.05, 4.69) is 0 Å². The number of sulfonamides is 1. The maximum absolute atomic E-state index is 13.3. The van der Waals surface area contributed by atoms with Crippen LogP contribution < -0.4 is 4.74 Å². The van der Waals surface area contributed by atoms with E-state index in [1.807, 2.05) is 54.6 Å². The van der Waals surface area contributed by atoms with Gasteiger partial charge >= 0.3 is 0 Å². The predicted molar refractivity (Wildman–Crippen MR) is 124 cm³/mol. The lowest BCUT2D eigenvalue weighted by Crippen LogP contribution is -2.38. The summed E-state index contributed by atoms with van der Waals surface area (Å²) in [6.07, 6.45) is -1.00. The molecule has 1 N–H and O–H groups in total. The summed E-state index contributed by atoms with van der Waals surface area (Å²) in [6, 6.07) is 22.6. The van der Waals surface area contributed by atoms with Gasteiger partial charge in [0.25, 0.3) is 0 Å². The van der Waals surface area contributed by atoms with Gasteiger partial charge in [-0.2, -0.15) is 4.31 Å². The van der Waals surface area contributed by atoms with E-state index in [1.54, 1.807) is 7.11 Å². The molecule has 0 aliphatic rings. The van der Waals surface area contributed by atoms with Crippen LogP contribution in [0.25, 0.3) is 0 Å². The zero-order valence-electron chi connectivity index (χ0n) is 17.7. The topological polar surface area (TPSA) is 76.1 Å². The molecule has 6 nitrogen and oxygen atoms in total. The maximum atomic E-state index is 13.3. The smallest absolute Gasteiger partial charge is 0.243 e. The molecule has 0 aliphatic heterocycles. The third kappa shape index (κ3) is 6.79. The molecule has 0 bridgehead atoms. The maximum Gasteiger partial charge on any atom is 0.243 e. The van der Waals surface area contributed by atoms with E-state index in [1.165, 1.54) is 28.6 Å². The van der Waals surface area contributed by atoms with Gasteiger partial charge in [0.15, 0.2) is 0 Å². The number of halogens is 1. The third-order valence-electron chi connectivity index (χ3n) is 4.81. The lowest BCUT2D eigenvalue weighted by Gasteiger charge is -2.25. The van der Waals surface area contributed by atoms with Gasteiger partial charge < -0.3 is 14.6 Å². The molecule has 170 valence electrons. The Morgan fingerprint density at radius 3 is 2.22 bits per heavy atom. The van der Waals surface area contributed by atoms with Gasteiger partial charge in [-0.05, 0) is 47.5 Å². The average Bonchev–Trinajstić information content (AvgIpc) is 2.80. The first kappa shape index (κ1) is 24.2. The molecule has 8 heteroatoms. The Bertz CT molecular complexity index is 1070. The molecule has 0 saturated carbocycles. The Balaban J connectivity index is 1.67. The van der Waals surface area contributed by atoms with Crippen LogP contribution in [0.4, 0.5) is 0 Å². The zero-order valence-corrected chi connectivity index (χ0v) is 19.3. The van der Waals surface area contributed by atoms with Gasteiger partial charge in [-0.3, -0.25) is 0 Å². The summed E-state index contributed by atoms with van der Waals surface area (Å²) >= 11 is 5.91. The third-order valence-corrected chi connectivity index (χ3v) is 6.88. The molecule has 0 radical (unpaired) electrons. The van der Waals surface area contributed by atoms with Gasteiger partial charge in [-0.15, -0.1) is 0 Å². The Hall–Kier alpha value is -2.42. The largest absolute Gasteiger partial charge is 0.497 e. The highest BCUT2D eigenvalue weighted by Crippen LogP contribution is 2.21. The van der Waals surface area contributed by atoms with Crippen molar-refractivity contribution in [3.05, 3.63) is 95.0 Å². The lowest BCUT2D eigenvalue weighted by atomic mass is 10.2. The number of methoxy groups -OCH3 is 1. The summed E-state index contributed by atoms with van der Waals surface area (Å²) in [7, 11) is -2.25. The monoisotopic (exact) mass is 475 g/mol. The summed E-state index contributed by atoms with van der Waals surface area (Å²) in [5.41, 5.74) is 1.74. The second-order valence-corrected chi connectivity index (χ2v) is 9.63. The second-order valence-electron chi connectivity index (χ2n) is 7.25. The summed E-state index contributed by atoms with van der Waals surface area (Å²) in [4.78, 5) is 0.115. The van der Waals surface area contributed by atoms with Crippen molar-refractivity contribution >= 4 is 21.6 Å². The Kier molecular flexibility index (Phi) is 8.67. The Morgan fingerprint density at radius 2 is 1.59 bits per heavy atom. The first-order chi connectivity index (χ1) is 15.4. The van der Waals surface area contributed by atoms with E-state index < -0.39 is 16.1 Å². The molecular formula is C24H26ClNO5S. The van der Waals surface area contributed by atoms with Gasteiger partial charge in [0.05, 0.1) is 31.3 Å². The van der Waals surface area contributed by atoms with Gasteiger partial charge in [0, 0.05) is 18.1 Å². The van der Waals surface area contributed by atoms with Crippen molar-refractivity contribution in [1.82, 2.24) is 4.31 Å². The minimum absolute atomic E-state index is 0.00649. The van der Waals surface area contributed by atoms with E-state index in [0.717, 1.165) is 16.9 Å². The summed E-state index contributed by atoms with van der Waals surface area (Å²) in [5.74, 6) is 0.748. The molecule has 32 heavy (non-hydrogen) atoms. The van der Waals surface area contributed by atoms with Crippen molar-refractivity contribution in [2.24, 2.45) is 0 Å². The number of aliphatic hydroxyl groups excluding tert-OH is 1. The van der Waals surface area contributed by atoms with Crippen molar-refractivity contribution < 1.29 is 23.0 Å². The van der Waals surface area contributed by atoms with Crippen LogP contribution in [-0.4, -0.2) is 44.2 Å². The van der Waals surface area contributed by atoms with E-state index in [9.17, 15) is 13.5 Å². The Morgan fingerprint density at radius 1 is 0.938 bits per heavy atom. The van der Waals surface area contributed by atoms with Crippen LogP contribution in [0.3, 0.4) is 0 Å². The van der Waals surface area contributed by atoms with Gasteiger partial charge in [0.1, 0.15) is 5.75 Å². The van der Waals surface area contributed by atoms with E-state index in [0.29, 0.717) is 11.6 Å². The number of ether oxygens (including phenoxy) is 2. The fourth-order valence-corrected chi connectivity index (χ4v) is 4.70. The highest BCUT2D eigenvalue weighted by molar-refractivity contribution is 7.89. The van der Waals surface area contributed by atoms with Crippen LogP contribution in [-0.2, 0) is 27.9 Å². The van der Waals surface area contributed by atoms with E-state index in [-0.39, 0.29) is 24.6 Å². The second kappa shape index (κ2) is 11.4. The average molecular weight is 476 g/mol. The van der Waals surface area contributed by atoms with Crippen molar-refractivity contribution in [3.8, 4) is 5.75 Å². The number of hydrogen-bond donors (Lipinski definition) is 1. The fourth-order valence-electron chi connectivity index (χ4n) is 3.11. The van der Waals surface area contributed by atoms with Crippen molar-refractivity contribution in [2.75, 3.05) is 20.3 Å². The minimum atomic E-state index is -3.85. The fraction of sp³-hybridized carbons (Fsp3) is 0.250. The number of benzene rings is 3.